The predicted molar refractivity (Wildman–Crippen MR) is 62.1 cm³/mol. The Labute approximate surface area is 94.6 Å². The molecule has 1 aliphatic rings. The highest BCUT2D eigenvalue weighted by atomic mass is 16.6. The molecule has 4 heteroatoms. The van der Waals surface area contributed by atoms with Crippen molar-refractivity contribution in [3.05, 3.63) is 39.4 Å². The zero-order valence-electron chi connectivity index (χ0n) is 9.56. The first-order valence-corrected chi connectivity index (χ1v) is 5.44. The lowest BCUT2D eigenvalue weighted by Gasteiger charge is -2.37. The van der Waals surface area contributed by atoms with Gasteiger partial charge in [0.05, 0.1) is 4.92 Å². The van der Waals surface area contributed by atoms with E-state index >= 15 is 0 Å². The van der Waals surface area contributed by atoms with Gasteiger partial charge in [0.15, 0.2) is 0 Å². The summed E-state index contributed by atoms with van der Waals surface area (Å²) in [4.78, 5) is 10.4. The van der Waals surface area contributed by atoms with Crippen LogP contribution in [0.15, 0.2) is 18.2 Å². The monoisotopic (exact) mass is 220 g/mol. The number of aryl methyl sites for hydroxylation is 1. The molecule has 1 aliphatic carbocycles. The Morgan fingerprint density at radius 2 is 2.19 bits per heavy atom. The molecule has 0 bridgehead atoms. The van der Waals surface area contributed by atoms with Gasteiger partial charge in [-0.15, -0.1) is 0 Å². The zero-order valence-corrected chi connectivity index (χ0v) is 9.56. The Balaban J connectivity index is 2.49. The van der Waals surface area contributed by atoms with Crippen molar-refractivity contribution in [1.82, 2.24) is 0 Å². The van der Waals surface area contributed by atoms with Gasteiger partial charge < -0.3 is 5.73 Å². The van der Waals surface area contributed by atoms with Crippen LogP contribution in [0, 0.1) is 15.5 Å². The molecule has 0 saturated carbocycles. The van der Waals surface area contributed by atoms with Crippen molar-refractivity contribution < 1.29 is 4.92 Å². The molecule has 1 unspecified atom stereocenters. The first-order valence-electron chi connectivity index (χ1n) is 5.44. The van der Waals surface area contributed by atoms with Crippen molar-refractivity contribution in [1.29, 1.82) is 0 Å². The fourth-order valence-electron chi connectivity index (χ4n) is 2.25. The zero-order chi connectivity index (χ0) is 11.9. The molecule has 86 valence electrons. The highest BCUT2D eigenvalue weighted by Crippen LogP contribution is 2.42. The summed E-state index contributed by atoms with van der Waals surface area (Å²) in [5.74, 6) is 0. The molecule has 0 spiro atoms. The lowest BCUT2D eigenvalue weighted by molar-refractivity contribution is -0.385. The predicted octanol–water partition coefficient (Wildman–Crippen LogP) is 2.57. The summed E-state index contributed by atoms with van der Waals surface area (Å²) >= 11 is 0. The molecule has 4 nitrogen and oxygen atoms in total. The van der Waals surface area contributed by atoms with E-state index in [1.165, 1.54) is 0 Å². The highest BCUT2D eigenvalue weighted by molar-refractivity contribution is 5.43. The number of hydrogen-bond donors (Lipinski definition) is 1. The number of nitrogens with zero attached hydrogens (tertiary/aromatic N) is 1. The summed E-state index contributed by atoms with van der Waals surface area (Å²) < 4.78 is 0. The van der Waals surface area contributed by atoms with Crippen LogP contribution in [0.1, 0.15) is 37.4 Å². The second kappa shape index (κ2) is 3.56. The summed E-state index contributed by atoms with van der Waals surface area (Å²) in [5.41, 5.74) is 8.40. The summed E-state index contributed by atoms with van der Waals surface area (Å²) in [6, 6.07) is 4.91. The highest BCUT2D eigenvalue weighted by Gasteiger charge is 2.34. The van der Waals surface area contributed by atoms with Crippen LogP contribution in [-0.4, -0.2) is 4.92 Å². The third kappa shape index (κ3) is 1.69. The maximum atomic E-state index is 10.7. The lowest BCUT2D eigenvalue weighted by Crippen LogP contribution is -2.34. The van der Waals surface area contributed by atoms with E-state index in [0.717, 1.165) is 24.0 Å². The average molecular weight is 220 g/mol. The van der Waals surface area contributed by atoms with E-state index < -0.39 is 0 Å². The van der Waals surface area contributed by atoms with Crippen molar-refractivity contribution in [2.45, 2.75) is 32.7 Å². The number of benzene rings is 1. The van der Waals surface area contributed by atoms with Gasteiger partial charge in [0.2, 0.25) is 0 Å². The van der Waals surface area contributed by atoms with Crippen LogP contribution in [0.4, 0.5) is 5.69 Å². The number of nitro benzene ring substituents is 1. The Bertz CT molecular complexity index is 441. The van der Waals surface area contributed by atoms with Crippen molar-refractivity contribution >= 4 is 5.69 Å². The normalized spacial score (nSPS) is 22.6. The fourth-order valence-corrected chi connectivity index (χ4v) is 2.25. The molecule has 0 aliphatic heterocycles. The molecular formula is C12H16N2O2. The van der Waals surface area contributed by atoms with E-state index in [1.54, 1.807) is 12.1 Å². The molecule has 0 saturated heterocycles. The molecule has 16 heavy (non-hydrogen) atoms. The minimum atomic E-state index is -0.366. The van der Waals surface area contributed by atoms with E-state index in [2.05, 4.69) is 13.8 Å². The molecule has 0 fully saturated rings. The first-order chi connectivity index (χ1) is 7.42. The van der Waals surface area contributed by atoms with Gasteiger partial charge in [-0.3, -0.25) is 10.1 Å². The van der Waals surface area contributed by atoms with Gasteiger partial charge in [-0.1, -0.05) is 19.9 Å². The topological polar surface area (TPSA) is 69.2 Å². The molecule has 2 N–H and O–H groups in total. The molecule has 1 atom stereocenters. The maximum absolute atomic E-state index is 10.7. The van der Waals surface area contributed by atoms with Crippen molar-refractivity contribution in [3.8, 4) is 0 Å². The minimum absolute atomic E-state index is 0.0161. The minimum Gasteiger partial charge on any atom is -0.323 e. The third-order valence-corrected chi connectivity index (χ3v) is 3.56. The van der Waals surface area contributed by atoms with Crippen LogP contribution in [0.5, 0.6) is 0 Å². The largest absolute Gasteiger partial charge is 0.323 e. The molecule has 1 aromatic carbocycles. The fraction of sp³-hybridized carbons (Fsp3) is 0.500. The van der Waals surface area contributed by atoms with E-state index in [9.17, 15) is 10.1 Å². The second-order valence-electron chi connectivity index (χ2n) is 5.11. The van der Waals surface area contributed by atoms with E-state index in [4.69, 9.17) is 5.73 Å². The van der Waals surface area contributed by atoms with Gasteiger partial charge in [-0.2, -0.15) is 0 Å². The van der Waals surface area contributed by atoms with Gasteiger partial charge in [0, 0.05) is 18.2 Å². The standard InChI is InChI=1S/C12H16N2O2/c1-12(2)6-5-8-3-4-9(14(15)16)7-10(8)11(12)13/h3-4,7,11H,5-6,13H2,1-2H3. The molecule has 0 radical (unpaired) electrons. The quantitative estimate of drug-likeness (QED) is 0.584. The van der Waals surface area contributed by atoms with Crippen molar-refractivity contribution in [2.24, 2.45) is 11.1 Å². The van der Waals surface area contributed by atoms with Crippen LogP contribution >= 0.6 is 0 Å². The number of non-ortho nitro benzene ring substituents is 1. The Hall–Kier alpha value is -1.42. The van der Waals surface area contributed by atoms with Crippen LogP contribution in [-0.2, 0) is 6.42 Å². The maximum Gasteiger partial charge on any atom is 0.269 e. The van der Waals surface area contributed by atoms with Gasteiger partial charge >= 0.3 is 0 Å². The molecule has 0 aromatic heterocycles. The summed E-state index contributed by atoms with van der Waals surface area (Å²) in [6.45, 7) is 4.22. The second-order valence-corrected chi connectivity index (χ2v) is 5.11. The first kappa shape index (κ1) is 11.1. The summed E-state index contributed by atoms with van der Waals surface area (Å²) in [5, 5.41) is 10.7. The number of nitro groups is 1. The number of hydrogen-bond acceptors (Lipinski definition) is 3. The van der Waals surface area contributed by atoms with Gasteiger partial charge in [0.25, 0.3) is 5.69 Å². The van der Waals surface area contributed by atoms with E-state index in [0.29, 0.717) is 0 Å². The Morgan fingerprint density at radius 3 is 2.81 bits per heavy atom. The Kier molecular flexibility index (Phi) is 2.46. The third-order valence-electron chi connectivity index (χ3n) is 3.56. The van der Waals surface area contributed by atoms with Crippen molar-refractivity contribution in [2.75, 3.05) is 0 Å². The number of nitrogens with two attached hydrogens (primary N) is 1. The molecule has 1 aromatic rings. The Morgan fingerprint density at radius 1 is 1.50 bits per heavy atom. The van der Waals surface area contributed by atoms with Crippen LogP contribution < -0.4 is 5.73 Å². The average Bonchev–Trinajstić information content (AvgIpc) is 2.23. The van der Waals surface area contributed by atoms with Gasteiger partial charge in [-0.25, -0.2) is 0 Å². The number of rotatable bonds is 1. The van der Waals surface area contributed by atoms with Crippen LogP contribution in [0.25, 0.3) is 0 Å². The summed E-state index contributed by atoms with van der Waals surface area (Å²) in [6.07, 6.45) is 1.98. The SMILES string of the molecule is CC1(C)CCc2ccc([N+](=O)[O-])cc2C1N. The van der Waals surface area contributed by atoms with Gasteiger partial charge in [-0.05, 0) is 29.4 Å². The lowest BCUT2D eigenvalue weighted by atomic mass is 9.71. The number of fused-ring (bicyclic) bond motifs is 1. The molecule has 0 heterocycles. The molecule has 2 rings (SSSR count). The van der Waals surface area contributed by atoms with Crippen LogP contribution in [0.3, 0.4) is 0 Å². The summed E-state index contributed by atoms with van der Waals surface area (Å²) in [7, 11) is 0. The van der Waals surface area contributed by atoms with Crippen molar-refractivity contribution in [3.63, 3.8) is 0 Å². The van der Waals surface area contributed by atoms with Gasteiger partial charge in [0.1, 0.15) is 0 Å². The molecular weight excluding hydrogens is 204 g/mol. The van der Waals surface area contributed by atoms with E-state index in [-0.39, 0.29) is 22.1 Å². The molecule has 0 amide bonds. The van der Waals surface area contributed by atoms with E-state index in [1.807, 2.05) is 6.07 Å². The smallest absolute Gasteiger partial charge is 0.269 e. The van der Waals surface area contributed by atoms with Crippen LogP contribution in [0.2, 0.25) is 0 Å².